The maximum absolute atomic E-state index is 13.6. The summed E-state index contributed by atoms with van der Waals surface area (Å²) in [7, 11) is 0. The summed E-state index contributed by atoms with van der Waals surface area (Å²) in [5, 5.41) is 0. The van der Waals surface area contributed by atoms with Crippen LogP contribution in [0.4, 0.5) is 4.39 Å². The van der Waals surface area contributed by atoms with Gasteiger partial charge in [-0.1, -0.05) is 108 Å². The molecule has 0 spiro atoms. The van der Waals surface area contributed by atoms with Crippen LogP contribution in [0.1, 0.15) is 83.3 Å². The van der Waals surface area contributed by atoms with Crippen molar-refractivity contribution in [2.24, 2.45) is 5.92 Å². The van der Waals surface area contributed by atoms with Gasteiger partial charge in [0.2, 0.25) is 0 Å². The van der Waals surface area contributed by atoms with Crippen LogP contribution in [0.3, 0.4) is 0 Å². The molecule has 4 heteroatoms. The number of unbranched alkanes of at least 4 members (excludes halogenated alkanes) is 5. The molecule has 0 N–H and O–H groups in total. The van der Waals surface area contributed by atoms with Crippen LogP contribution in [-0.4, -0.2) is 29.4 Å². The summed E-state index contributed by atoms with van der Waals surface area (Å²) in [6, 6.07) is 17.2. The maximum atomic E-state index is 13.6. The Bertz CT molecular complexity index is 1000. The molecule has 2 atom stereocenters. The normalized spacial score (nSPS) is 13.0. The number of hydrogen-bond acceptors (Lipinski definition) is 3. The molecule has 200 valence electrons. The van der Waals surface area contributed by atoms with E-state index in [1.165, 1.54) is 60.8 Å². The summed E-state index contributed by atoms with van der Waals surface area (Å²) < 4.78 is 19.2. The van der Waals surface area contributed by atoms with E-state index in [9.17, 15) is 4.39 Å². The third-order valence-corrected chi connectivity index (χ3v) is 6.84. The number of hydrogen-bond donors (Lipinski definition) is 0. The van der Waals surface area contributed by atoms with Crippen molar-refractivity contribution in [3.8, 4) is 22.5 Å². The minimum atomic E-state index is -0.844. The number of nitrogens with zero attached hydrogens (tertiary/aromatic N) is 2. The van der Waals surface area contributed by atoms with E-state index in [1.807, 2.05) is 19.3 Å². The first-order valence-corrected chi connectivity index (χ1v) is 14.3. The largest absolute Gasteiger partial charge is 0.378 e. The highest BCUT2D eigenvalue weighted by molar-refractivity contribution is 5.67. The van der Waals surface area contributed by atoms with E-state index in [0.717, 1.165) is 30.7 Å². The highest BCUT2D eigenvalue weighted by Gasteiger charge is 2.09. The Balaban J connectivity index is 1.46. The van der Waals surface area contributed by atoms with Gasteiger partial charge in [-0.2, -0.15) is 0 Å². The Morgan fingerprint density at radius 1 is 0.703 bits per heavy atom. The van der Waals surface area contributed by atoms with E-state index in [4.69, 9.17) is 4.74 Å². The van der Waals surface area contributed by atoms with E-state index in [2.05, 4.69) is 72.3 Å². The zero-order chi connectivity index (χ0) is 26.3. The van der Waals surface area contributed by atoms with Crippen LogP contribution in [-0.2, 0) is 17.6 Å². The van der Waals surface area contributed by atoms with Gasteiger partial charge in [0.05, 0.1) is 6.61 Å². The Kier molecular flexibility index (Phi) is 12.8. The lowest BCUT2D eigenvalue weighted by Gasteiger charge is -2.14. The van der Waals surface area contributed by atoms with E-state index in [-0.39, 0.29) is 6.61 Å². The van der Waals surface area contributed by atoms with Crippen LogP contribution in [0.2, 0.25) is 0 Å². The molecule has 0 aliphatic rings. The highest BCUT2D eigenvalue weighted by atomic mass is 19.1. The lowest BCUT2D eigenvalue weighted by molar-refractivity contribution is 0.0575. The molecule has 0 aliphatic carbocycles. The minimum Gasteiger partial charge on any atom is -0.378 e. The van der Waals surface area contributed by atoms with Crippen molar-refractivity contribution >= 4 is 0 Å². The number of aromatic nitrogens is 2. The average Bonchev–Trinajstić information content (AvgIpc) is 2.92. The van der Waals surface area contributed by atoms with Crippen molar-refractivity contribution < 1.29 is 9.13 Å². The zero-order valence-electron chi connectivity index (χ0n) is 23.1. The molecule has 0 radical (unpaired) electrons. The summed E-state index contributed by atoms with van der Waals surface area (Å²) in [6.07, 6.45) is 14.4. The molecular formula is C33H45FN2O. The van der Waals surface area contributed by atoms with Crippen molar-refractivity contribution in [1.82, 2.24) is 9.97 Å². The summed E-state index contributed by atoms with van der Waals surface area (Å²) in [5.41, 5.74) is 5.90. The third-order valence-electron chi connectivity index (χ3n) is 6.84. The Labute approximate surface area is 223 Å². The summed E-state index contributed by atoms with van der Waals surface area (Å²) in [6.45, 7) is 7.21. The molecule has 1 aromatic heterocycles. The number of benzene rings is 2. The maximum Gasteiger partial charge on any atom is 0.159 e. The molecule has 3 rings (SSSR count). The molecule has 0 bridgehead atoms. The second kappa shape index (κ2) is 16.3. The second-order valence-electron chi connectivity index (χ2n) is 10.4. The highest BCUT2D eigenvalue weighted by Crippen LogP contribution is 2.24. The Hall–Kier alpha value is -2.59. The standard InChI is InChI=1S/C33H45FN2O/c1-4-6-7-8-9-10-12-28-22-35-33(36-23-28)31-19-17-30(18-20-31)29-15-13-27(14-16-29)21-26(3)24-37-25-32(34)11-5-2/h13-20,22-23,26,32H,4-12,21,24-25H2,1-3H3/t26?,32-/m0/s1. The average molecular weight is 505 g/mol. The fourth-order valence-corrected chi connectivity index (χ4v) is 4.64. The molecule has 1 heterocycles. The topological polar surface area (TPSA) is 35.0 Å². The van der Waals surface area contributed by atoms with Crippen LogP contribution in [0.25, 0.3) is 22.5 Å². The summed E-state index contributed by atoms with van der Waals surface area (Å²) in [5.74, 6) is 1.13. The number of rotatable bonds is 17. The lowest BCUT2D eigenvalue weighted by atomic mass is 9.98. The number of aryl methyl sites for hydroxylation is 1. The number of halogens is 1. The van der Waals surface area contributed by atoms with Crippen molar-refractivity contribution in [1.29, 1.82) is 0 Å². The van der Waals surface area contributed by atoms with Crippen molar-refractivity contribution in [3.05, 3.63) is 72.1 Å². The summed E-state index contributed by atoms with van der Waals surface area (Å²) >= 11 is 0. The molecule has 3 nitrogen and oxygen atoms in total. The van der Waals surface area contributed by atoms with Gasteiger partial charge in [0.1, 0.15) is 6.17 Å². The van der Waals surface area contributed by atoms with Gasteiger partial charge < -0.3 is 4.74 Å². The molecule has 2 aromatic carbocycles. The van der Waals surface area contributed by atoms with Crippen LogP contribution < -0.4 is 0 Å². The summed E-state index contributed by atoms with van der Waals surface area (Å²) in [4.78, 5) is 9.23. The van der Waals surface area contributed by atoms with Gasteiger partial charge in [0.25, 0.3) is 0 Å². The quantitative estimate of drug-likeness (QED) is 0.172. The molecule has 0 amide bonds. The predicted molar refractivity (Wildman–Crippen MR) is 153 cm³/mol. The van der Waals surface area contributed by atoms with E-state index in [0.29, 0.717) is 18.9 Å². The van der Waals surface area contributed by atoms with E-state index < -0.39 is 6.17 Å². The van der Waals surface area contributed by atoms with Gasteiger partial charge in [-0.15, -0.1) is 0 Å². The predicted octanol–water partition coefficient (Wildman–Crippen LogP) is 9.05. The van der Waals surface area contributed by atoms with Crippen LogP contribution >= 0.6 is 0 Å². The first-order chi connectivity index (χ1) is 18.1. The molecular weight excluding hydrogens is 459 g/mol. The van der Waals surface area contributed by atoms with Crippen molar-refractivity contribution in [2.75, 3.05) is 13.2 Å². The van der Waals surface area contributed by atoms with Crippen LogP contribution in [0, 0.1) is 5.92 Å². The smallest absolute Gasteiger partial charge is 0.159 e. The Morgan fingerprint density at radius 2 is 1.30 bits per heavy atom. The van der Waals surface area contributed by atoms with Gasteiger partial charge >= 0.3 is 0 Å². The molecule has 0 saturated heterocycles. The first-order valence-electron chi connectivity index (χ1n) is 14.3. The number of alkyl halides is 1. The number of ether oxygens (including phenoxy) is 1. The van der Waals surface area contributed by atoms with E-state index in [1.54, 1.807) is 0 Å². The first kappa shape index (κ1) is 29.0. The fourth-order valence-electron chi connectivity index (χ4n) is 4.64. The van der Waals surface area contributed by atoms with Gasteiger partial charge in [-0.3, -0.25) is 0 Å². The van der Waals surface area contributed by atoms with Crippen LogP contribution in [0.5, 0.6) is 0 Å². The molecule has 1 unspecified atom stereocenters. The van der Waals surface area contributed by atoms with Crippen LogP contribution in [0.15, 0.2) is 60.9 Å². The van der Waals surface area contributed by atoms with Gasteiger partial charge in [0.15, 0.2) is 5.82 Å². The van der Waals surface area contributed by atoms with Crippen molar-refractivity contribution in [3.63, 3.8) is 0 Å². The molecule has 0 fully saturated rings. The van der Waals surface area contributed by atoms with Gasteiger partial charge in [0, 0.05) is 24.6 Å². The minimum absolute atomic E-state index is 0.210. The molecule has 0 saturated carbocycles. The van der Waals surface area contributed by atoms with Crippen molar-refractivity contribution in [2.45, 2.75) is 91.2 Å². The molecule has 37 heavy (non-hydrogen) atoms. The monoisotopic (exact) mass is 504 g/mol. The SMILES string of the molecule is CCCCCCCCc1cnc(-c2ccc(-c3ccc(CC(C)COC[C@@H](F)CCC)cc3)cc2)nc1. The Morgan fingerprint density at radius 3 is 1.95 bits per heavy atom. The fraction of sp³-hybridized carbons (Fsp3) is 0.515. The van der Waals surface area contributed by atoms with Gasteiger partial charge in [-0.05, 0) is 53.9 Å². The van der Waals surface area contributed by atoms with Gasteiger partial charge in [-0.25, -0.2) is 14.4 Å². The third kappa shape index (κ3) is 10.4. The second-order valence-corrected chi connectivity index (χ2v) is 10.4. The van der Waals surface area contributed by atoms with E-state index >= 15 is 0 Å². The zero-order valence-corrected chi connectivity index (χ0v) is 23.1. The molecule has 0 aliphatic heterocycles. The molecule has 3 aromatic rings. The lowest BCUT2D eigenvalue weighted by Crippen LogP contribution is -2.15.